The molecule has 3 rings (SSSR count). The van der Waals surface area contributed by atoms with E-state index in [0.29, 0.717) is 11.5 Å². The standard InChI is InChI=1S/C25H28N2O5S/c1-18-5-9-22(10-6-18)32-23-13-11-21(12-14-23)31-17-25(28)26-19(2)20-7-15-24(16-8-20)33(29,30)27(3)4/h5-16,19H,17H2,1-4H3,(H,26,28). The molecule has 7 nitrogen and oxygen atoms in total. The summed E-state index contributed by atoms with van der Waals surface area (Å²) >= 11 is 0. The third-order valence-electron chi connectivity index (χ3n) is 4.99. The number of carbonyl (C=O) groups is 1. The van der Waals surface area contributed by atoms with E-state index in [1.54, 1.807) is 36.4 Å². The Kier molecular flexibility index (Phi) is 7.73. The van der Waals surface area contributed by atoms with Gasteiger partial charge in [-0.05, 0) is 67.9 Å². The smallest absolute Gasteiger partial charge is 0.258 e. The number of nitrogens with zero attached hydrogens (tertiary/aromatic N) is 1. The molecule has 0 spiro atoms. The van der Waals surface area contributed by atoms with Gasteiger partial charge in [0.05, 0.1) is 10.9 Å². The molecule has 0 aliphatic rings. The van der Waals surface area contributed by atoms with Crippen LogP contribution in [-0.4, -0.2) is 39.3 Å². The second-order valence-corrected chi connectivity index (χ2v) is 9.97. The monoisotopic (exact) mass is 468 g/mol. The van der Waals surface area contributed by atoms with Crippen molar-refractivity contribution in [3.05, 3.63) is 83.9 Å². The van der Waals surface area contributed by atoms with E-state index < -0.39 is 10.0 Å². The Balaban J connectivity index is 1.50. The normalized spacial score (nSPS) is 12.3. The molecule has 174 valence electrons. The molecule has 3 aromatic rings. The summed E-state index contributed by atoms with van der Waals surface area (Å²) in [6.45, 7) is 3.70. The summed E-state index contributed by atoms with van der Waals surface area (Å²) in [6.07, 6.45) is 0. The Bertz CT molecular complexity index is 1170. The van der Waals surface area contributed by atoms with Crippen LogP contribution in [-0.2, 0) is 14.8 Å². The molecule has 1 atom stereocenters. The summed E-state index contributed by atoms with van der Waals surface area (Å²) in [5.74, 6) is 1.68. The molecule has 33 heavy (non-hydrogen) atoms. The Morgan fingerprint density at radius 2 is 1.39 bits per heavy atom. The molecule has 0 aliphatic heterocycles. The quantitative estimate of drug-likeness (QED) is 0.506. The van der Waals surface area contributed by atoms with Gasteiger partial charge in [-0.1, -0.05) is 29.8 Å². The molecule has 8 heteroatoms. The Labute approximate surface area is 195 Å². The molecule has 1 amide bonds. The van der Waals surface area contributed by atoms with Crippen molar-refractivity contribution in [3.8, 4) is 17.2 Å². The first kappa shape index (κ1) is 24.3. The topological polar surface area (TPSA) is 84.9 Å². The maximum Gasteiger partial charge on any atom is 0.258 e. The third-order valence-corrected chi connectivity index (χ3v) is 6.82. The minimum atomic E-state index is -3.49. The molecule has 0 saturated heterocycles. The van der Waals surface area contributed by atoms with E-state index in [2.05, 4.69) is 5.32 Å². The van der Waals surface area contributed by atoms with Gasteiger partial charge in [0, 0.05) is 14.1 Å². The van der Waals surface area contributed by atoms with Crippen LogP contribution in [0, 0.1) is 6.92 Å². The zero-order valence-electron chi connectivity index (χ0n) is 19.1. The summed E-state index contributed by atoms with van der Waals surface area (Å²) in [4.78, 5) is 12.5. The van der Waals surface area contributed by atoms with E-state index in [1.165, 1.54) is 26.2 Å². The van der Waals surface area contributed by atoms with Crippen molar-refractivity contribution in [1.82, 2.24) is 9.62 Å². The van der Waals surface area contributed by atoms with Gasteiger partial charge in [0.1, 0.15) is 17.2 Å². The first-order chi connectivity index (χ1) is 15.6. The average molecular weight is 469 g/mol. The highest BCUT2D eigenvalue weighted by Gasteiger charge is 2.18. The summed E-state index contributed by atoms with van der Waals surface area (Å²) in [7, 11) is -0.522. The number of ether oxygens (including phenoxy) is 2. The van der Waals surface area contributed by atoms with Crippen molar-refractivity contribution < 1.29 is 22.7 Å². The van der Waals surface area contributed by atoms with Crippen LogP contribution in [0.2, 0.25) is 0 Å². The maximum atomic E-state index is 12.3. The molecule has 3 aromatic carbocycles. The lowest BCUT2D eigenvalue weighted by molar-refractivity contribution is -0.123. The predicted octanol–water partition coefficient (Wildman–Crippen LogP) is 4.29. The van der Waals surface area contributed by atoms with Crippen molar-refractivity contribution in [1.29, 1.82) is 0 Å². The Morgan fingerprint density at radius 1 is 0.879 bits per heavy atom. The van der Waals surface area contributed by atoms with Crippen molar-refractivity contribution in [2.75, 3.05) is 20.7 Å². The fraction of sp³-hybridized carbons (Fsp3) is 0.240. The van der Waals surface area contributed by atoms with Crippen LogP contribution < -0.4 is 14.8 Å². The summed E-state index contributed by atoms with van der Waals surface area (Å²) < 4.78 is 36.8. The number of carbonyl (C=O) groups excluding carboxylic acids is 1. The number of hydrogen-bond donors (Lipinski definition) is 1. The van der Waals surface area contributed by atoms with E-state index in [4.69, 9.17) is 9.47 Å². The lowest BCUT2D eigenvalue weighted by Crippen LogP contribution is -2.31. The summed E-state index contributed by atoms with van der Waals surface area (Å²) in [6, 6.07) is 20.9. The minimum absolute atomic E-state index is 0.143. The molecule has 0 aromatic heterocycles. The number of amides is 1. The van der Waals surface area contributed by atoms with Gasteiger partial charge in [0.2, 0.25) is 10.0 Å². The first-order valence-corrected chi connectivity index (χ1v) is 11.9. The fourth-order valence-electron chi connectivity index (χ4n) is 3.00. The number of sulfonamides is 1. The lowest BCUT2D eigenvalue weighted by atomic mass is 10.1. The van der Waals surface area contributed by atoms with Crippen LogP contribution in [0.25, 0.3) is 0 Å². The number of benzene rings is 3. The molecule has 0 bridgehead atoms. The van der Waals surface area contributed by atoms with Gasteiger partial charge in [0.25, 0.3) is 5.91 Å². The summed E-state index contributed by atoms with van der Waals surface area (Å²) in [5.41, 5.74) is 1.95. The minimum Gasteiger partial charge on any atom is -0.484 e. The maximum absolute atomic E-state index is 12.3. The van der Waals surface area contributed by atoms with E-state index in [9.17, 15) is 13.2 Å². The molecule has 0 aliphatic carbocycles. The zero-order chi connectivity index (χ0) is 24.0. The molecule has 1 N–H and O–H groups in total. The van der Waals surface area contributed by atoms with Gasteiger partial charge in [0.15, 0.2) is 6.61 Å². The second kappa shape index (κ2) is 10.5. The third kappa shape index (κ3) is 6.57. The van der Waals surface area contributed by atoms with Gasteiger partial charge < -0.3 is 14.8 Å². The lowest BCUT2D eigenvalue weighted by Gasteiger charge is -2.16. The number of aryl methyl sites for hydroxylation is 1. The van der Waals surface area contributed by atoms with Gasteiger partial charge in [-0.3, -0.25) is 4.79 Å². The van der Waals surface area contributed by atoms with Crippen LogP contribution in [0.1, 0.15) is 24.1 Å². The molecule has 0 heterocycles. The molecule has 0 fully saturated rings. The SMILES string of the molecule is Cc1ccc(Oc2ccc(OCC(=O)NC(C)c3ccc(S(=O)(=O)N(C)C)cc3)cc2)cc1. The highest BCUT2D eigenvalue weighted by Crippen LogP contribution is 2.24. The largest absolute Gasteiger partial charge is 0.484 e. The van der Waals surface area contributed by atoms with Crippen LogP contribution in [0.3, 0.4) is 0 Å². The van der Waals surface area contributed by atoms with Gasteiger partial charge in [-0.25, -0.2) is 12.7 Å². The van der Waals surface area contributed by atoms with E-state index in [1.807, 2.05) is 38.1 Å². The van der Waals surface area contributed by atoms with Crippen LogP contribution in [0.5, 0.6) is 17.2 Å². The van der Waals surface area contributed by atoms with Crippen molar-refractivity contribution in [2.24, 2.45) is 0 Å². The van der Waals surface area contributed by atoms with Crippen LogP contribution in [0.15, 0.2) is 77.7 Å². The first-order valence-electron chi connectivity index (χ1n) is 10.4. The number of rotatable bonds is 9. The van der Waals surface area contributed by atoms with Gasteiger partial charge >= 0.3 is 0 Å². The molecule has 0 saturated carbocycles. The highest BCUT2D eigenvalue weighted by molar-refractivity contribution is 7.89. The predicted molar refractivity (Wildman–Crippen MR) is 127 cm³/mol. The van der Waals surface area contributed by atoms with E-state index in [-0.39, 0.29) is 23.5 Å². The van der Waals surface area contributed by atoms with Crippen LogP contribution >= 0.6 is 0 Å². The molecular weight excluding hydrogens is 440 g/mol. The van der Waals surface area contributed by atoms with E-state index >= 15 is 0 Å². The zero-order valence-corrected chi connectivity index (χ0v) is 19.9. The molecule has 1 unspecified atom stereocenters. The van der Waals surface area contributed by atoms with Crippen molar-refractivity contribution in [3.63, 3.8) is 0 Å². The fourth-order valence-corrected chi connectivity index (χ4v) is 3.90. The summed E-state index contributed by atoms with van der Waals surface area (Å²) in [5, 5.41) is 2.85. The molecule has 0 radical (unpaired) electrons. The van der Waals surface area contributed by atoms with Crippen LogP contribution in [0.4, 0.5) is 0 Å². The molecular formula is C25H28N2O5S. The number of hydrogen-bond acceptors (Lipinski definition) is 5. The van der Waals surface area contributed by atoms with Crippen molar-refractivity contribution in [2.45, 2.75) is 24.8 Å². The van der Waals surface area contributed by atoms with Crippen molar-refractivity contribution >= 4 is 15.9 Å². The van der Waals surface area contributed by atoms with E-state index in [0.717, 1.165) is 21.2 Å². The Morgan fingerprint density at radius 3 is 1.94 bits per heavy atom. The average Bonchev–Trinajstić information content (AvgIpc) is 2.80. The Hall–Kier alpha value is -3.36. The van der Waals surface area contributed by atoms with Gasteiger partial charge in [-0.2, -0.15) is 0 Å². The number of nitrogens with one attached hydrogen (secondary N) is 1. The second-order valence-electron chi connectivity index (χ2n) is 7.82. The highest BCUT2D eigenvalue weighted by atomic mass is 32.2. The van der Waals surface area contributed by atoms with Gasteiger partial charge in [-0.15, -0.1) is 0 Å².